The van der Waals surface area contributed by atoms with Crippen molar-refractivity contribution in [3.8, 4) is 0 Å². The van der Waals surface area contributed by atoms with E-state index in [9.17, 15) is 23.2 Å². The summed E-state index contributed by atoms with van der Waals surface area (Å²) in [6.07, 6.45) is 1.58. The van der Waals surface area contributed by atoms with Gasteiger partial charge in [0.2, 0.25) is 5.91 Å². The SMILES string of the molecule is O=C(CN1C(=O)S/C(=C/c2cccs2)C1=O)Nc1ccc(F)cc1F. The van der Waals surface area contributed by atoms with Crippen LogP contribution in [0.25, 0.3) is 6.08 Å². The average molecular weight is 380 g/mol. The summed E-state index contributed by atoms with van der Waals surface area (Å²) in [7, 11) is 0. The fraction of sp³-hybridized carbons (Fsp3) is 0.0625. The van der Waals surface area contributed by atoms with Crippen LogP contribution < -0.4 is 5.32 Å². The van der Waals surface area contributed by atoms with Crippen LogP contribution in [0.3, 0.4) is 0 Å². The molecular weight excluding hydrogens is 370 g/mol. The number of nitrogens with zero attached hydrogens (tertiary/aromatic N) is 1. The Bertz CT molecular complexity index is 882. The van der Waals surface area contributed by atoms with Crippen LogP contribution in [0.1, 0.15) is 4.88 Å². The minimum absolute atomic E-state index is 0.216. The number of thiophene rings is 1. The summed E-state index contributed by atoms with van der Waals surface area (Å²) in [5.41, 5.74) is -0.229. The second kappa shape index (κ2) is 7.16. The number of rotatable bonds is 4. The zero-order chi connectivity index (χ0) is 18.0. The lowest BCUT2D eigenvalue weighted by Gasteiger charge is -2.12. The Morgan fingerprint density at radius 1 is 1.24 bits per heavy atom. The smallest absolute Gasteiger partial charge is 0.294 e. The zero-order valence-electron chi connectivity index (χ0n) is 12.5. The van der Waals surface area contributed by atoms with Crippen LogP contribution in [0, 0.1) is 11.6 Å². The highest BCUT2D eigenvalue weighted by Gasteiger charge is 2.36. The first-order chi connectivity index (χ1) is 11.9. The van der Waals surface area contributed by atoms with Gasteiger partial charge >= 0.3 is 0 Å². The lowest BCUT2D eigenvalue weighted by Crippen LogP contribution is -2.36. The quantitative estimate of drug-likeness (QED) is 0.822. The number of hydrogen-bond acceptors (Lipinski definition) is 5. The maximum Gasteiger partial charge on any atom is 0.294 e. The molecular formula is C16H10F2N2O3S2. The third kappa shape index (κ3) is 3.94. The number of carbonyl (C=O) groups is 3. The molecule has 1 fully saturated rings. The molecule has 0 radical (unpaired) electrons. The van der Waals surface area contributed by atoms with Crippen molar-refractivity contribution in [2.75, 3.05) is 11.9 Å². The van der Waals surface area contributed by atoms with Crippen molar-refractivity contribution in [2.45, 2.75) is 0 Å². The van der Waals surface area contributed by atoms with Gasteiger partial charge in [0.1, 0.15) is 18.2 Å². The molecule has 1 aliphatic heterocycles. The molecule has 0 bridgehead atoms. The second-order valence-electron chi connectivity index (χ2n) is 4.96. The maximum absolute atomic E-state index is 13.5. The third-order valence-corrected chi connectivity index (χ3v) is 4.92. The number of thioether (sulfide) groups is 1. The van der Waals surface area contributed by atoms with Gasteiger partial charge in [-0.2, -0.15) is 0 Å². The second-order valence-corrected chi connectivity index (χ2v) is 6.93. The fourth-order valence-corrected chi connectivity index (χ4v) is 3.62. The van der Waals surface area contributed by atoms with Crippen molar-refractivity contribution in [2.24, 2.45) is 0 Å². The third-order valence-electron chi connectivity index (χ3n) is 3.20. The Morgan fingerprint density at radius 2 is 2.04 bits per heavy atom. The summed E-state index contributed by atoms with van der Waals surface area (Å²) in [4.78, 5) is 38.0. The Morgan fingerprint density at radius 3 is 2.72 bits per heavy atom. The van der Waals surface area contributed by atoms with Gasteiger partial charge in [-0.25, -0.2) is 8.78 Å². The Balaban J connectivity index is 1.69. The highest BCUT2D eigenvalue weighted by atomic mass is 32.2. The van der Waals surface area contributed by atoms with E-state index in [1.807, 2.05) is 11.4 Å². The monoisotopic (exact) mass is 380 g/mol. The Labute approximate surface area is 149 Å². The summed E-state index contributed by atoms with van der Waals surface area (Å²) in [5, 5.41) is 3.47. The van der Waals surface area contributed by atoms with Crippen LogP contribution in [-0.4, -0.2) is 28.5 Å². The van der Waals surface area contributed by atoms with Gasteiger partial charge in [0.15, 0.2) is 0 Å². The molecule has 2 aromatic rings. The molecule has 3 rings (SSSR count). The first-order valence-electron chi connectivity index (χ1n) is 6.98. The van der Waals surface area contributed by atoms with E-state index in [-0.39, 0.29) is 10.6 Å². The van der Waals surface area contributed by atoms with Crippen LogP contribution in [0.5, 0.6) is 0 Å². The molecule has 0 saturated carbocycles. The van der Waals surface area contributed by atoms with Crippen molar-refractivity contribution in [3.63, 3.8) is 0 Å². The molecule has 1 aliphatic rings. The molecule has 0 spiro atoms. The first kappa shape index (κ1) is 17.3. The maximum atomic E-state index is 13.5. The van der Waals surface area contributed by atoms with Crippen LogP contribution in [0.15, 0.2) is 40.6 Å². The van der Waals surface area contributed by atoms with Gasteiger partial charge in [0.25, 0.3) is 11.1 Å². The molecule has 9 heteroatoms. The average Bonchev–Trinajstić information content (AvgIpc) is 3.15. The van der Waals surface area contributed by atoms with Crippen LogP contribution >= 0.6 is 23.1 Å². The molecule has 0 atom stereocenters. The molecule has 5 nitrogen and oxygen atoms in total. The highest BCUT2D eigenvalue weighted by Crippen LogP contribution is 2.32. The van der Waals surface area contributed by atoms with Crippen LogP contribution in [0.4, 0.5) is 19.3 Å². The van der Waals surface area contributed by atoms with Gasteiger partial charge < -0.3 is 5.32 Å². The number of hydrogen-bond donors (Lipinski definition) is 1. The number of amides is 3. The van der Waals surface area contributed by atoms with E-state index < -0.39 is 35.2 Å². The van der Waals surface area contributed by atoms with E-state index in [1.54, 1.807) is 12.1 Å². The van der Waals surface area contributed by atoms with E-state index in [4.69, 9.17) is 0 Å². The van der Waals surface area contributed by atoms with Gasteiger partial charge in [-0.15, -0.1) is 11.3 Å². The van der Waals surface area contributed by atoms with Crippen molar-refractivity contribution in [1.82, 2.24) is 4.90 Å². The summed E-state index contributed by atoms with van der Waals surface area (Å²) in [6.45, 7) is -0.552. The molecule has 1 aromatic carbocycles. The molecule has 2 heterocycles. The molecule has 1 saturated heterocycles. The summed E-state index contributed by atoms with van der Waals surface area (Å²) in [5.74, 6) is -3.07. The summed E-state index contributed by atoms with van der Waals surface area (Å²) in [6, 6.07) is 6.28. The van der Waals surface area contributed by atoms with Gasteiger partial charge in [0, 0.05) is 10.9 Å². The van der Waals surface area contributed by atoms with Crippen LogP contribution in [-0.2, 0) is 9.59 Å². The predicted octanol–water partition coefficient (Wildman–Crippen LogP) is 3.70. The van der Waals surface area contributed by atoms with Crippen molar-refractivity contribution in [1.29, 1.82) is 0 Å². The molecule has 1 N–H and O–H groups in total. The summed E-state index contributed by atoms with van der Waals surface area (Å²) < 4.78 is 26.4. The minimum atomic E-state index is -0.944. The van der Waals surface area contributed by atoms with Crippen LogP contribution in [0.2, 0.25) is 0 Å². The largest absolute Gasteiger partial charge is 0.322 e. The summed E-state index contributed by atoms with van der Waals surface area (Å²) >= 11 is 2.14. The molecule has 0 unspecified atom stereocenters. The van der Waals surface area contributed by atoms with Gasteiger partial charge in [-0.1, -0.05) is 6.07 Å². The van der Waals surface area contributed by atoms with Crippen molar-refractivity contribution < 1.29 is 23.2 Å². The van der Waals surface area contributed by atoms with E-state index in [0.29, 0.717) is 6.07 Å². The zero-order valence-corrected chi connectivity index (χ0v) is 14.1. The Kier molecular flexibility index (Phi) is 4.95. The number of imide groups is 1. The Hall–Kier alpha value is -2.52. The van der Waals surface area contributed by atoms with E-state index in [0.717, 1.165) is 33.7 Å². The number of anilines is 1. The predicted molar refractivity (Wildman–Crippen MR) is 92.0 cm³/mol. The molecule has 25 heavy (non-hydrogen) atoms. The van der Waals surface area contributed by atoms with Gasteiger partial charge in [0.05, 0.1) is 10.6 Å². The number of benzene rings is 1. The topological polar surface area (TPSA) is 66.5 Å². The lowest BCUT2D eigenvalue weighted by molar-refractivity contribution is -0.127. The minimum Gasteiger partial charge on any atom is -0.322 e. The standard InChI is InChI=1S/C16H10F2N2O3S2/c17-9-3-4-12(11(18)6-9)19-14(21)8-20-15(22)13(25-16(20)23)7-10-2-1-5-24-10/h1-7H,8H2,(H,19,21)/b13-7+. The molecule has 3 amide bonds. The number of carbonyl (C=O) groups excluding carboxylic acids is 3. The van der Waals surface area contributed by atoms with Gasteiger partial charge in [-0.3, -0.25) is 19.3 Å². The molecule has 1 aromatic heterocycles. The van der Waals surface area contributed by atoms with Gasteiger partial charge in [-0.05, 0) is 41.4 Å². The lowest BCUT2D eigenvalue weighted by atomic mass is 10.3. The molecule has 128 valence electrons. The normalized spacial score (nSPS) is 15.9. The van der Waals surface area contributed by atoms with Crippen molar-refractivity contribution in [3.05, 3.63) is 57.1 Å². The number of halogens is 2. The van der Waals surface area contributed by atoms with E-state index in [2.05, 4.69) is 5.32 Å². The fourth-order valence-electron chi connectivity index (χ4n) is 2.06. The van der Waals surface area contributed by atoms with E-state index in [1.165, 1.54) is 11.3 Å². The molecule has 0 aliphatic carbocycles. The highest BCUT2D eigenvalue weighted by molar-refractivity contribution is 8.18. The van der Waals surface area contributed by atoms with Crippen molar-refractivity contribution >= 4 is 51.9 Å². The number of nitrogens with one attached hydrogen (secondary N) is 1. The van der Waals surface area contributed by atoms with E-state index >= 15 is 0 Å². The first-order valence-corrected chi connectivity index (χ1v) is 8.67.